The molecule has 0 aliphatic carbocycles. The lowest BCUT2D eigenvalue weighted by Gasteiger charge is -2.25. The molecule has 1 atom stereocenters. The molecule has 12 heteroatoms. The van der Waals surface area contributed by atoms with Gasteiger partial charge in [0.15, 0.2) is 16.3 Å². The van der Waals surface area contributed by atoms with Crippen molar-refractivity contribution in [3.63, 3.8) is 0 Å². The van der Waals surface area contributed by atoms with E-state index >= 15 is 0 Å². The van der Waals surface area contributed by atoms with Gasteiger partial charge in [-0.15, -0.1) is 0 Å². The Balaban J connectivity index is 1.57. The number of benzene rings is 3. The van der Waals surface area contributed by atoms with Crippen molar-refractivity contribution >= 4 is 51.9 Å². The van der Waals surface area contributed by atoms with E-state index in [0.717, 1.165) is 3.57 Å². The Kier molecular flexibility index (Phi) is 9.73. The van der Waals surface area contributed by atoms with E-state index in [0.29, 0.717) is 49.0 Å². The molecule has 0 amide bonds. The standard InChI is InChI=1S/C33H29IN2O8S/c1-5-43-32(40)27-18(2)35-33-36(28(27)22-11-6-7-12-24(22)41-3)30(37)26(45-33)16-20-14-23(34)29(25(15-20)42-4)44-17-19-9-8-10-21(13-19)31(38)39/h6-16,28H,5,17H2,1-4H3,(H,38,39)/b26-16-/t28-/m1/s1. The summed E-state index contributed by atoms with van der Waals surface area (Å²) in [5.74, 6) is -0.0993. The largest absolute Gasteiger partial charge is 0.496 e. The number of methoxy groups -OCH3 is 2. The molecular formula is C33H29IN2O8S. The van der Waals surface area contributed by atoms with Gasteiger partial charge < -0.3 is 24.1 Å². The molecule has 0 unspecified atom stereocenters. The number of ether oxygens (including phenoxy) is 4. The van der Waals surface area contributed by atoms with Gasteiger partial charge in [0.2, 0.25) is 0 Å². The number of hydrogen-bond acceptors (Lipinski definition) is 9. The number of carbonyl (C=O) groups is 2. The van der Waals surface area contributed by atoms with E-state index in [2.05, 4.69) is 27.6 Å². The molecule has 0 saturated carbocycles. The number of allylic oxidation sites excluding steroid dienone is 1. The zero-order valence-electron chi connectivity index (χ0n) is 24.8. The van der Waals surface area contributed by atoms with Crippen LogP contribution in [-0.2, 0) is 16.1 Å². The zero-order valence-corrected chi connectivity index (χ0v) is 27.8. The summed E-state index contributed by atoms with van der Waals surface area (Å²) in [7, 11) is 3.06. The number of halogens is 1. The quantitative estimate of drug-likeness (QED) is 0.184. The van der Waals surface area contributed by atoms with Crippen LogP contribution in [-0.4, -0.2) is 42.4 Å². The molecule has 45 heavy (non-hydrogen) atoms. The second kappa shape index (κ2) is 13.7. The minimum Gasteiger partial charge on any atom is -0.496 e. The molecule has 10 nitrogen and oxygen atoms in total. The van der Waals surface area contributed by atoms with Crippen molar-refractivity contribution in [2.75, 3.05) is 20.8 Å². The van der Waals surface area contributed by atoms with Crippen LogP contribution in [0, 0.1) is 3.57 Å². The van der Waals surface area contributed by atoms with Crippen LogP contribution in [0.4, 0.5) is 0 Å². The summed E-state index contributed by atoms with van der Waals surface area (Å²) in [6.07, 6.45) is 1.75. The molecular weight excluding hydrogens is 711 g/mol. The molecule has 0 spiro atoms. The van der Waals surface area contributed by atoms with Crippen LogP contribution in [0.25, 0.3) is 6.08 Å². The Bertz CT molecular complexity index is 2010. The van der Waals surface area contributed by atoms with Gasteiger partial charge in [-0.1, -0.05) is 41.7 Å². The summed E-state index contributed by atoms with van der Waals surface area (Å²) >= 11 is 3.35. The predicted molar refractivity (Wildman–Crippen MR) is 177 cm³/mol. The van der Waals surface area contributed by atoms with E-state index in [1.165, 1.54) is 29.1 Å². The van der Waals surface area contributed by atoms with E-state index in [-0.39, 0.29) is 29.9 Å². The molecule has 2 heterocycles. The molecule has 4 aromatic rings. The fraction of sp³-hybridized carbons (Fsp3) is 0.212. The third-order valence-electron chi connectivity index (χ3n) is 7.06. The second-order valence-corrected chi connectivity index (χ2v) is 12.0. The van der Waals surface area contributed by atoms with Gasteiger partial charge in [0, 0.05) is 5.56 Å². The van der Waals surface area contributed by atoms with E-state index in [1.807, 2.05) is 24.3 Å². The number of aromatic carboxylic acids is 1. The fourth-order valence-corrected chi connectivity index (χ4v) is 6.87. The van der Waals surface area contributed by atoms with Gasteiger partial charge in [0.05, 0.1) is 45.8 Å². The molecule has 0 bridgehead atoms. The summed E-state index contributed by atoms with van der Waals surface area (Å²) in [4.78, 5) is 43.7. The van der Waals surface area contributed by atoms with Crippen molar-refractivity contribution < 1.29 is 33.6 Å². The molecule has 232 valence electrons. The lowest BCUT2D eigenvalue weighted by molar-refractivity contribution is -0.139. The number of carboxylic acids is 1. The van der Waals surface area contributed by atoms with Crippen LogP contribution in [0.15, 0.2) is 81.7 Å². The highest BCUT2D eigenvalue weighted by Crippen LogP contribution is 2.36. The van der Waals surface area contributed by atoms with Crippen LogP contribution >= 0.6 is 33.9 Å². The highest BCUT2D eigenvalue weighted by molar-refractivity contribution is 14.1. The monoisotopic (exact) mass is 740 g/mol. The van der Waals surface area contributed by atoms with E-state index < -0.39 is 18.0 Å². The minimum absolute atomic E-state index is 0.135. The maximum absolute atomic E-state index is 14.0. The van der Waals surface area contributed by atoms with Crippen LogP contribution in [0.2, 0.25) is 0 Å². The minimum atomic E-state index is -1.01. The third kappa shape index (κ3) is 6.52. The molecule has 0 fully saturated rings. The van der Waals surface area contributed by atoms with Gasteiger partial charge >= 0.3 is 11.9 Å². The fourth-order valence-electron chi connectivity index (χ4n) is 5.04. The maximum Gasteiger partial charge on any atom is 0.338 e. The van der Waals surface area contributed by atoms with Gasteiger partial charge in [0.1, 0.15) is 18.4 Å². The molecule has 1 N–H and O–H groups in total. The van der Waals surface area contributed by atoms with E-state index in [9.17, 15) is 19.5 Å². The van der Waals surface area contributed by atoms with E-state index in [4.69, 9.17) is 18.9 Å². The zero-order chi connectivity index (χ0) is 32.2. The molecule has 0 saturated heterocycles. The van der Waals surface area contributed by atoms with Gasteiger partial charge in [0.25, 0.3) is 5.56 Å². The Hall–Kier alpha value is -4.43. The molecule has 1 aliphatic rings. The van der Waals surface area contributed by atoms with Crippen LogP contribution in [0.5, 0.6) is 17.2 Å². The SMILES string of the molecule is CCOC(=O)C1=C(C)N=c2s/c(=C\c3cc(I)c(OCc4cccc(C(=O)O)c4)c(OC)c3)c(=O)n2[C@@H]1c1ccccc1OC. The molecule has 1 aromatic heterocycles. The van der Waals surface area contributed by atoms with Gasteiger partial charge in [-0.25, -0.2) is 14.6 Å². The number of esters is 1. The Morgan fingerprint density at radius 2 is 1.82 bits per heavy atom. The lowest BCUT2D eigenvalue weighted by atomic mass is 9.95. The molecule has 5 rings (SSSR count). The molecule has 3 aromatic carbocycles. The number of carbonyl (C=O) groups excluding carboxylic acids is 1. The summed E-state index contributed by atoms with van der Waals surface area (Å²) in [5.41, 5.74) is 2.60. The number of rotatable bonds is 10. The Morgan fingerprint density at radius 3 is 2.53 bits per heavy atom. The number of hydrogen-bond donors (Lipinski definition) is 1. The van der Waals surface area contributed by atoms with Crippen LogP contribution in [0.1, 0.15) is 46.9 Å². The first kappa shape index (κ1) is 32.0. The summed E-state index contributed by atoms with van der Waals surface area (Å²) < 4.78 is 25.3. The van der Waals surface area contributed by atoms with Crippen LogP contribution in [0.3, 0.4) is 0 Å². The van der Waals surface area contributed by atoms with Crippen molar-refractivity contribution in [3.05, 3.63) is 117 Å². The maximum atomic E-state index is 14.0. The van der Waals surface area contributed by atoms with Crippen molar-refractivity contribution in [3.8, 4) is 17.2 Å². The third-order valence-corrected chi connectivity index (χ3v) is 8.84. The number of para-hydroxylation sites is 1. The molecule has 1 aliphatic heterocycles. The lowest BCUT2D eigenvalue weighted by Crippen LogP contribution is -2.40. The first-order valence-corrected chi connectivity index (χ1v) is 15.7. The number of aromatic nitrogens is 1. The normalized spacial score (nSPS) is 14.4. The summed E-state index contributed by atoms with van der Waals surface area (Å²) in [6.45, 7) is 3.77. The smallest absolute Gasteiger partial charge is 0.338 e. The second-order valence-electron chi connectivity index (χ2n) is 9.87. The Morgan fingerprint density at radius 1 is 1.07 bits per heavy atom. The topological polar surface area (TPSA) is 126 Å². The summed E-state index contributed by atoms with van der Waals surface area (Å²) in [5, 5.41) is 9.29. The predicted octanol–water partition coefficient (Wildman–Crippen LogP) is 4.70. The van der Waals surface area contributed by atoms with Gasteiger partial charge in [-0.05, 0) is 84.0 Å². The number of nitrogens with zero attached hydrogens (tertiary/aromatic N) is 2. The Labute approximate surface area is 276 Å². The number of carboxylic acid groups (broad SMARTS) is 1. The number of thiazole rings is 1. The van der Waals surface area contributed by atoms with Crippen molar-refractivity contribution in [2.45, 2.75) is 26.5 Å². The van der Waals surface area contributed by atoms with Gasteiger partial charge in [-0.3, -0.25) is 9.36 Å². The average Bonchev–Trinajstić information content (AvgIpc) is 3.33. The van der Waals surface area contributed by atoms with Gasteiger partial charge in [-0.2, -0.15) is 0 Å². The highest BCUT2D eigenvalue weighted by Gasteiger charge is 2.35. The first-order valence-electron chi connectivity index (χ1n) is 13.8. The van der Waals surface area contributed by atoms with Crippen LogP contribution < -0.4 is 29.1 Å². The summed E-state index contributed by atoms with van der Waals surface area (Å²) in [6, 6.07) is 16.6. The first-order chi connectivity index (χ1) is 21.7. The van der Waals surface area contributed by atoms with E-state index in [1.54, 1.807) is 57.4 Å². The molecule has 0 radical (unpaired) electrons. The van der Waals surface area contributed by atoms with Crippen molar-refractivity contribution in [2.24, 2.45) is 4.99 Å². The van der Waals surface area contributed by atoms with Crippen molar-refractivity contribution in [1.82, 2.24) is 4.57 Å². The number of fused-ring (bicyclic) bond motifs is 1. The average molecular weight is 741 g/mol. The van der Waals surface area contributed by atoms with Crippen molar-refractivity contribution in [1.29, 1.82) is 0 Å². The highest BCUT2D eigenvalue weighted by atomic mass is 127.